The minimum absolute atomic E-state index is 0.213. The van der Waals surface area contributed by atoms with Gasteiger partial charge < -0.3 is 15.0 Å². The van der Waals surface area contributed by atoms with E-state index in [-0.39, 0.29) is 5.97 Å². The molecule has 2 aromatic rings. The summed E-state index contributed by atoms with van der Waals surface area (Å²) in [6, 6.07) is 8.06. The number of anilines is 3. The highest BCUT2D eigenvalue weighted by Crippen LogP contribution is 2.28. The number of thiazole rings is 1. The van der Waals surface area contributed by atoms with Gasteiger partial charge >= 0.3 is 5.97 Å². The van der Waals surface area contributed by atoms with Crippen LogP contribution in [0.5, 0.6) is 0 Å². The molecule has 0 amide bonds. The molecule has 0 radical (unpaired) electrons. The highest BCUT2D eigenvalue weighted by molar-refractivity contribution is 7.13. The molecule has 0 saturated carbocycles. The Labute approximate surface area is 128 Å². The zero-order valence-corrected chi connectivity index (χ0v) is 13.2. The number of ether oxygens (including phenoxy) is 1. The normalized spacial score (nSPS) is 10.2. The lowest BCUT2D eigenvalue weighted by molar-refractivity contribution is -0.140. The third kappa shape index (κ3) is 4.19. The maximum absolute atomic E-state index is 11.1. The zero-order valence-electron chi connectivity index (χ0n) is 12.4. The Morgan fingerprint density at radius 2 is 2.14 bits per heavy atom. The minimum Gasteiger partial charge on any atom is -0.469 e. The Bertz CT molecular complexity index is 610. The van der Waals surface area contributed by atoms with Crippen molar-refractivity contribution in [3.63, 3.8) is 0 Å². The lowest BCUT2D eigenvalue weighted by Gasteiger charge is -2.17. The molecule has 1 aromatic carbocycles. The van der Waals surface area contributed by atoms with Crippen LogP contribution >= 0.6 is 11.3 Å². The van der Waals surface area contributed by atoms with Gasteiger partial charge in [-0.1, -0.05) is 12.1 Å². The molecule has 0 fully saturated rings. The van der Waals surface area contributed by atoms with Crippen molar-refractivity contribution in [2.45, 2.75) is 12.8 Å². The lowest BCUT2D eigenvalue weighted by Crippen LogP contribution is -2.10. The van der Waals surface area contributed by atoms with Crippen LogP contribution in [0.3, 0.4) is 0 Å². The quantitative estimate of drug-likeness (QED) is 0.831. The van der Waals surface area contributed by atoms with E-state index in [0.29, 0.717) is 12.8 Å². The molecule has 0 atom stereocenters. The van der Waals surface area contributed by atoms with Crippen molar-refractivity contribution in [2.24, 2.45) is 0 Å². The first-order chi connectivity index (χ1) is 10.1. The largest absolute Gasteiger partial charge is 0.469 e. The van der Waals surface area contributed by atoms with E-state index in [2.05, 4.69) is 15.0 Å². The summed E-state index contributed by atoms with van der Waals surface area (Å²) in [4.78, 5) is 17.7. The van der Waals surface area contributed by atoms with E-state index in [0.717, 1.165) is 22.2 Å². The second-order valence-corrected chi connectivity index (χ2v) is 5.61. The Morgan fingerprint density at radius 3 is 2.86 bits per heavy atom. The van der Waals surface area contributed by atoms with Crippen molar-refractivity contribution in [2.75, 3.05) is 31.4 Å². The van der Waals surface area contributed by atoms with Crippen LogP contribution in [0.1, 0.15) is 12.1 Å². The van der Waals surface area contributed by atoms with Gasteiger partial charge in [0.2, 0.25) is 0 Å². The molecule has 1 aromatic heterocycles. The molecule has 0 aliphatic heterocycles. The summed E-state index contributed by atoms with van der Waals surface area (Å²) in [6.07, 6.45) is 0.953. The first kappa shape index (κ1) is 15.3. The summed E-state index contributed by atoms with van der Waals surface area (Å²) >= 11 is 1.53. The summed E-state index contributed by atoms with van der Waals surface area (Å²) in [7, 11) is 5.41. The van der Waals surface area contributed by atoms with E-state index in [1.807, 2.05) is 48.6 Å². The van der Waals surface area contributed by atoms with Crippen LogP contribution in [0, 0.1) is 0 Å². The second kappa shape index (κ2) is 7.08. The fraction of sp³-hybridized carbons (Fsp3) is 0.333. The predicted molar refractivity (Wildman–Crippen MR) is 86.5 cm³/mol. The number of carbonyl (C=O) groups is 1. The zero-order chi connectivity index (χ0) is 15.2. The van der Waals surface area contributed by atoms with Crippen molar-refractivity contribution in [3.05, 3.63) is 35.3 Å². The molecule has 0 bridgehead atoms. The molecule has 0 saturated heterocycles. The average Bonchev–Trinajstić information content (AvgIpc) is 2.92. The summed E-state index contributed by atoms with van der Waals surface area (Å²) < 4.78 is 4.63. The lowest BCUT2D eigenvalue weighted by atomic mass is 10.2. The molecule has 0 aliphatic rings. The number of para-hydroxylation sites is 2. The molecule has 0 aliphatic carbocycles. The van der Waals surface area contributed by atoms with Gasteiger partial charge in [-0.3, -0.25) is 4.79 Å². The molecule has 112 valence electrons. The fourth-order valence-corrected chi connectivity index (χ4v) is 2.65. The van der Waals surface area contributed by atoms with E-state index in [9.17, 15) is 4.79 Å². The number of nitrogens with zero attached hydrogens (tertiary/aromatic N) is 2. The number of carbonyl (C=O) groups excluding carboxylic acids is 1. The average molecular weight is 305 g/mol. The van der Waals surface area contributed by atoms with Crippen LogP contribution < -0.4 is 10.2 Å². The minimum atomic E-state index is -0.213. The molecule has 1 N–H and O–H groups in total. The van der Waals surface area contributed by atoms with Gasteiger partial charge in [0.1, 0.15) is 0 Å². The van der Waals surface area contributed by atoms with Gasteiger partial charge in [-0.15, -0.1) is 11.3 Å². The predicted octanol–water partition coefficient (Wildman–Crippen LogP) is 3.06. The maximum Gasteiger partial charge on any atom is 0.305 e. The van der Waals surface area contributed by atoms with Gasteiger partial charge in [0.15, 0.2) is 5.13 Å². The first-order valence-corrected chi connectivity index (χ1v) is 7.52. The van der Waals surface area contributed by atoms with Crippen molar-refractivity contribution in [1.82, 2.24) is 4.98 Å². The number of hydrogen-bond acceptors (Lipinski definition) is 6. The van der Waals surface area contributed by atoms with E-state index < -0.39 is 0 Å². The van der Waals surface area contributed by atoms with Crippen LogP contribution in [-0.2, 0) is 16.0 Å². The number of aryl methyl sites for hydroxylation is 1. The number of aromatic nitrogens is 1. The fourth-order valence-electron chi connectivity index (χ4n) is 1.90. The number of benzene rings is 1. The molecule has 2 rings (SSSR count). The number of nitrogens with one attached hydrogen (secondary N) is 1. The Hall–Kier alpha value is -2.08. The van der Waals surface area contributed by atoms with Crippen LogP contribution in [0.15, 0.2) is 29.6 Å². The van der Waals surface area contributed by atoms with Gasteiger partial charge in [-0.25, -0.2) is 4.98 Å². The van der Waals surface area contributed by atoms with Crippen molar-refractivity contribution < 1.29 is 9.53 Å². The smallest absolute Gasteiger partial charge is 0.305 e. The second-order valence-electron chi connectivity index (χ2n) is 4.76. The Morgan fingerprint density at radius 1 is 1.38 bits per heavy atom. The highest BCUT2D eigenvalue weighted by Gasteiger charge is 2.08. The number of methoxy groups -OCH3 is 1. The standard InChI is InChI=1S/C15H19N3O2S/c1-18(2)13-7-5-4-6-12(13)17-15-16-11(10-21-15)8-9-14(19)20-3/h4-7,10H,8-9H2,1-3H3,(H,16,17). The molecule has 0 unspecified atom stereocenters. The van der Waals surface area contributed by atoms with Crippen LogP contribution in [-0.4, -0.2) is 32.2 Å². The van der Waals surface area contributed by atoms with Gasteiger partial charge in [0.25, 0.3) is 0 Å². The van der Waals surface area contributed by atoms with E-state index in [1.165, 1.54) is 18.4 Å². The van der Waals surface area contributed by atoms with Crippen molar-refractivity contribution in [3.8, 4) is 0 Å². The monoisotopic (exact) mass is 305 g/mol. The summed E-state index contributed by atoms with van der Waals surface area (Å²) in [6.45, 7) is 0. The number of esters is 1. The molecule has 1 heterocycles. The van der Waals surface area contributed by atoms with Gasteiger partial charge in [-0.2, -0.15) is 0 Å². The maximum atomic E-state index is 11.1. The number of hydrogen-bond donors (Lipinski definition) is 1. The highest BCUT2D eigenvalue weighted by atomic mass is 32.1. The molecule has 6 heteroatoms. The summed E-state index contributed by atoms with van der Waals surface area (Å²) in [5.74, 6) is -0.213. The molecule has 21 heavy (non-hydrogen) atoms. The van der Waals surface area contributed by atoms with E-state index in [4.69, 9.17) is 0 Å². The van der Waals surface area contributed by atoms with Crippen LogP contribution in [0.25, 0.3) is 0 Å². The van der Waals surface area contributed by atoms with Gasteiger partial charge in [-0.05, 0) is 12.1 Å². The van der Waals surface area contributed by atoms with Crippen molar-refractivity contribution >= 4 is 33.8 Å². The molecule has 0 spiro atoms. The molecular weight excluding hydrogens is 286 g/mol. The van der Waals surface area contributed by atoms with Crippen LogP contribution in [0.2, 0.25) is 0 Å². The number of rotatable bonds is 6. The first-order valence-electron chi connectivity index (χ1n) is 6.64. The van der Waals surface area contributed by atoms with E-state index >= 15 is 0 Å². The van der Waals surface area contributed by atoms with Gasteiger partial charge in [0.05, 0.1) is 30.6 Å². The Balaban J connectivity index is 2.04. The molecular formula is C15H19N3O2S. The Kier molecular flexibility index (Phi) is 5.16. The topological polar surface area (TPSA) is 54.5 Å². The third-order valence-corrected chi connectivity index (χ3v) is 3.80. The van der Waals surface area contributed by atoms with E-state index in [1.54, 1.807) is 0 Å². The molecule has 5 nitrogen and oxygen atoms in total. The summed E-state index contributed by atoms with van der Waals surface area (Å²) in [5, 5.41) is 6.11. The SMILES string of the molecule is COC(=O)CCc1csc(Nc2ccccc2N(C)C)n1. The summed E-state index contributed by atoms with van der Waals surface area (Å²) in [5.41, 5.74) is 3.01. The van der Waals surface area contributed by atoms with Gasteiger partial charge in [0, 0.05) is 25.9 Å². The third-order valence-electron chi connectivity index (χ3n) is 2.99. The van der Waals surface area contributed by atoms with Crippen molar-refractivity contribution in [1.29, 1.82) is 0 Å². The van der Waals surface area contributed by atoms with Crippen LogP contribution in [0.4, 0.5) is 16.5 Å².